The van der Waals surface area contributed by atoms with Crippen LogP contribution in [-0.4, -0.2) is 25.3 Å². The van der Waals surface area contributed by atoms with Gasteiger partial charge in [0, 0.05) is 19.1 Å². The molecule has 0 bridgehead atoms. The highest BCUT2D eigenvalue weighted by Gasteiger charge is 2.37. The van der Waals surface area contributed by atoms with Crippen molar-refractivity contribution in [1.82, 2.24) is 4.31 Å². The second-order valence-electron chi connectivity index (χ2n) is 6.44. The van der Waals surface area contributed by atoms with E-state index in [9.17, 15) is 8.42 Å². The van der Waals surface area contributed by atoms with Crippen molar-refractivity contribution >= 4 is 10.0 Å². The van der Waals surface area contributed by atoms with Crippen molar-refractivity contribution in [3.63, 3.8) is 0 Å². The Bertz CT molecular complexity index is 613. The Hall–Kier alpha value is -0.910. The number of rotatable bonds is 3. The zero-order valence-electron chi connectivity index (χ0n) is 13.3. The van der Waals surface area contributed by atoms with Crippen LogP contribution in [0.5, 0.6) is 0 Å². The van der Waals surface area contributed by atoms with E-state index in [2.05, 4.69) is 13.8 Å². The molecule has 0 amide bonds. The molecular formula is C16H26N2O2S. The first kappa shape index (κ1) is 16.5. The maximum atomic E-state index is 13.1. The number of benzene rings is 1. The van der Waals surface area contributed by atoms with Gasteiger partial charge in [0.2, 0.25) is 10.0 Å². The van der Waals surface area contributed by atoms with Crippen LogP contribution >= 0.6 is 0 Å². The molecule has 5 heteroatoms. The molecule has 0 aromatic heterocycles. The minimum Gasteiger partial charge on any atom is -0.326 e. The van der Waals surface area contributed by atoms with Crippen LogP contribution < -0.4 is 5.73 Å². The molecule has 1 aromatic carbocycles. The summed E-state index contributed by atoms with van der Waals surface area (Å²) in [6.45, 7) is 9.05. The van der Waals surface area contributed by atoms with Crippen LogP contribution in [0.25, 0.3) is 0 Å². The van der Waals surface area contributed by atoms with E-state index in [1.165, 1.54) is 0 Å². The molecule has 1 aromatic rings. The Morgan fingerprint density at radius 3 is 2.57 bits per heavy atom. The number of piperidine rings is 1. The van der Waals surface area contributed by atoms with Gasteiger partial charge < -0.3 is 5.73 Å². The summed E-state index contributed by atoms with van der Waals surface area (Å²) in [6, 6.07) is 5.49. The average molecular weight is 310 g/mol. The lowest BCUT2D eigenvalue weighted by Gasteiger charge is -2.40. The van der Waals surface area contributed by atoms with Crippen LogP contribution in [0.15, 0.2) is 23.1 Å². The molecule has 0 radical (unpaired) electrons. The third-order valence-electron chi connectivity index (χ3n) is 4.62. The molecule has 1 aliphatic heterocycles. The Morgan fingerprint density at radius 2 is 1.95 bits per heavy atom. The van der Waals surface area contributed by atoms with Gasteiger partial charge in [-0.25, -0.2) is 8.42 Å². The molecule has 2 N–H and O–H groups in total. The van der Waals surface area contributed by atoms with Gasteiger partial charge in [0.1, 0.15) is 0 Å². The molecule has 2 rings (SSSR count). The lowest BCUT2D eigenvalue weighted by atomic mass is 9.88. The van der Waals surface area contributed by atoms with Gasteiger partial charge in [-0.1, -0.05) is 26.0 Å². The number of hydrogen-bond donors (Lipinski definition) is 1. The molecule has 3 unspecified atom stereocenters. The summed E-state index contributed by atoms with van der Waals surface area (Å²) in [5.41, 5.74) is 7.29. The van der Waals surface area contributed by atoms with Crippen molar-refractivity contribution in [3.05, 3.63) is 29.3 Å². The van der Waals surface area contributed by atoms with Gasteiger partial charge >= 0.3 is 0 Å². The SMILES string of the molecule is Cc1ccc(CN)cc1S(=O)(=O)N1CC(C)CC(C)C1C. The molecule has 118 valence electrons. The van der Waals surface area contributed by atoms with Crippen LogP contribution in [0.2, 0.25) is 0 Å². The van der Waals surface area contributed by atoms with Gasteiger partial charge in [-0.2, -0.15) is 4.31 Å². The van der Waals surface area contributed by atoms with Crippen LogP contribution in [-0.2, 0) is 16.6 Å². The van der Waals surface area contributed by atoms with Gasteiger partial charge in [0.25, 0.3) is 0 Å². The smallest absolute Gasteiger partial charge is 0.243 e. The third kappa shape index (κ3) is 3.15. The Labute approximate surface area is 128 Å². The Kier molecular flexibility index (Phi) is 4.76. The van der Waals surface area contributed by atoms with Crippen LogP contribution in [0.4, 0.5) is 0 Å². The molecule has 1 saturated heterocycles. The summed E-state index contributed by atoms with van der Waals surface area (Å²) in [6.07, 6.45) is 1.08. The molecule has 0 spiro atoms. The molecule has 0 saturated carbocycles. The highest BCUT2D eigenvalue weighted by Crippen LogP contribution is 2.32. The van der Waals surface area contributed by atoms with E-state index in [0.29, 0.717) is 29.8 Å². The third-order valence-corrected chi connectivity index (χ3v) is 6.71. The predicted octanol–water partition coefficient (Wildman–Crippen LogP) is 2.51. The van der Waals surface area contributed by atoms with Crippen molar-refractivity contribution in [2.45, 2.75) is 51.6 Å². The van der Waals surface area contributed by atoms with Crippen LogP contribution in [0.3, 0.4) is 0 Å². The maximum absolute atomic E-state index is 13.1. The minimum absolute atomic E-state index is 0.0344. The highest BCUT2D eigenvalue weighted by atomic mass is 32.2. The number of nitrogens with two attached hydrogens (primary N) is 1. The van der Waals surface area contributed by atoms with Gasteiger partial charge in [-0.3, -0.25) is 0 Å². The van der Waals surface area contributed by atoms with E-state index in [4.69, 9.17) is 5.73 Å². The van der Waals surface area contributed by atoms with Crippen LogP contribution in [0, 0.1) is 18.8 Å². The first-order valence-corrected chi connectivity index (χ1v) is 9.02. The zero-order chi connectivity index (χ0) is 15.8. The van der Waals surface area contributed by atoms with E-state index >= 15 is 0 Å². The van der Waals surface area contributed by atoms with Crippen molar-refractivity contribution in [2.24, 2.45) is 17.6 Å². The molecule has 21 heavy (non-hydrogen) atoms. The molecule has 1 aliphatic rings. The molecule has 1 fully saturated rings. The standard InChI is InChI=1S/C16H26N2O2S/c1-11-7-13(3)14(4)18(10-11)21(19,20)16-8-15(9-17)6-5-12(16)2/h5-6,8,11,13-14H,7,9-10,17H2,1-4H3. The van der Waals surface area contributed by atoms with Crippen molar-refractivity contribution in [3.8, 4) is 0 Å². The van der Waals surface area contributed by atoms with E-state index in [1.807, 2.05) is 26.0 Å². The van der Waals surface area contributed by atoms with Gasteiger partial charge in [-0.15, -0.1) is 0 Å². The fourth-order valence-electron chi connectivity index (χ4n) is 3.16. The Morgan fingerprint density at radius 1 is 1.29 bits per heavy atom. The van der Waals surface area contributed by atoms with Crippen molar-refractivity contribution in [1.29, 1.82) is 0 Å². The van der Waals surface area contributed by atoms with Crippen LogP contribution in [0.1, 0.15) is 38.3 Å². The number of sulfonamides is 1. The maximum Gasteiger partial charge on any atom is 0.243 e. The Balaban J connectivity index is 2.46. The minimum atomic E-state index is -3.46. The highest BCUT2D eigenvalue weighted by molar-refractivity contribution is 7.89. The quantitative estimate of drug-likeness (QED) is 0.933. The molecule has 4 nitrogen and oxygen atoms in total. The largest absolute Gasteiger partial charge is 0.326 e. The molecular weight excluding hydrogens is 284 g/mol. The molecule has 1 heterocycles. The average Bonchev–Trinajstić information content (AvgIpc) is 2.43. The lowest BCUT2D eigenvalue weighted by molar-refractivity contribution is 0.157. The number of hydrogen-bond acceptors (Lipinski definition) is 3. The topological polar surface area (TPSA) is 63.4 Å². The second-order valence-corrected chi connectivity index (χ2v) is 8.30. The lowest BCUT2D eigenvalue weighted by Crippen LogP contribution is -2.48. The zero-order valence-corrected chi connectivity index (χ0v) is 14.2. The van der Waals surface area contributed by atoms with Crippen molar-refractivity contribution in [2.75, 3.05) is 6.54 Å². The van der Waals surface area contributed by atoms with Crippen molar-refractivity contribution < 1.29 is 8.42 Å². The number of nitrogens with zero attached hydrogens (tertiary/aromatic N) is 1. The normalized spacial score (nSPS) is 27.8. The molecule has 3 atom stereocenters. The van der Waals surface area contributed by atoms with E-state index in [-0.39, 0.29) is 6.04 Å². The van der Waals surface area contributed by atoms with Gasteiger partial charge in [0.05, 0.1) is 4.90 Å². The first-order chi connectivity index (χ1) is 9.77. The summed E-state index contributed by atoms with van der Waals surface area (Å²) in [7, 11) is -3.46. The van der Waals surface area contributed by atoms with Gasteiger partial charge in [-0.05, 0) is 49.3 Å². The molecule has 0 aliphatic carbocycles. The predicted molar refractivity (Wildman–Crippen MR) is 85.4 cm³/mol. The first-order valence-electron chi connectivity index (χ1n) is 7.58. The monoisotopic (exact) mass is 310 g/mol. The fraction of sp³-hybridized carbons (Fsp3) is 0.625. The summed E-state index contributed by atoms with van der Waals surface area (Å²) in [5, 5.41) is 0. The van der Waals surface area contributed by atoms with E-state index in [0.717, 1.165) is 17.5 Å². The summed E-state index contributed by atoms with van der Waals surface area (Å²) in [4.78, 5) is 0.401. The van der Waals surface area contributed by atoms with Gasteiger partial charge in [0.15, 0.2) is 0 Å². The fourth-order valence-corrected chi connectivity index (χ4v) is 5.28. The summed E-state index contributed by atoms with van der Waals surface area (Å²) < 4.78 is 27.8. The number of aryl methyl sites for hydroxylation is 1. The summed E-state index contributed by atoms with van der Waals surface area (Å²) >= 11 is 0. The van der Waals surface area contributed by atoms with E-state index < -0.39 is 10.0 Å². The summed E-state index contributed by atoms with van der Waals surface area (Å²) in [5.74, 6) is 0.769. The second kappa shape index (κ2) is 6.07. The van der Waals surface area contributed by atoms with E-state index in [1.54, 1.807) is 10.4 Å².